The molecule has 0 radical (unpaired) electrons. The van der Waals surface area contributed by atoms with Crippen LogP contribution in [0.4, 0.5) is 0 Å². The van der Waals surface area contributed by atoms with E-state index >= 15 is 0 Å². The van der Waals surface area contributed by atoms with Crippen molar-refractivity contribution in [3.63, 3.8) is 0 Å². The van der Waals surface area contributed by atoms with Crippen molar-refractivity contribution < 1.29 is 9.53 Å². The Bertz CT molecular complexity index is 642. The molecule has 2 aromatic rings. The number of hydrogen-bond acceptors (Lipinski definition) is 4. The summed E-state index contributed by atoms with van der Waals surface area (Å²) in [6.07, 6.45) is 1.74. The Balaban J connectivity index is 0.00000242. The van der Waals surface area contributed by atoms with Crippen LogP contribution < -0.4 is 15.8 Å². The van der Waals surface area contributed by atoms with Crippen LogP contribution in [0.3, 0.4) is 0 Å². The van der Waals surface area contributed by atoms with E-state index in [-0.39, 0.29) is 24.4 Å². The second-order valence-electron chi connectivity index (χ2n) is 4.93. The molecular formula is C15H21ClN4O2. The summed E-state index contributed by atoms with van der Waals surface area (Å²) in [7, 11) is 1.61. The minimum absolute atomic E-state index is 0. The molecule has 0 aliphatic carbocycles. The first-order valence-corrected chi connectivity index (χ1v) is 6.76. The van der Waals surface area contributed by atoms with Gasteiger partial charge >= 0.3 is 0 Å². The number of ether oxygens (including phenoxy) is 1. The smallest absolute Gasteiger partial charge is 0.272 e. The highest BCUT2D eigenvalue weighted by Gasteiger charge is 2.14. The third-order valence-corrected chi connectivity index (χ3v) is 3.13. The van der Waals surface area contributed by atoms with E-state index in [1.165, 1.54) is 0 Å². The van der Waals surface area contributed by atoms with Crippen molar-refractivity contribution >= 4 is 18.3 Å². The second kappa shape index (κ2) is 7.82. The molecule has 0 aliphatic heterocycles. The molecule has 0 aliphatic rings. The summed E-state index contributed by atoms with van der Waals surface area (Å²) in [5.41, 5.74) is 7.72. The van der Waals surface area contributed by atoms with Gasteiger partial charge in [0.1, 0.15) is 11.4 Å². The van der Waals surface area contributed by atoms with Crippen LogP contribution in [0.2, 0.25) is 0 Å². The average Bonchev–Trinajstić information content (AvgIpc) is 2.96. The standard InChI is InChI=1S/C15H20N4O2.ClH/c1-10-4-5-14(21-3)13(8-10)19-7-6-12(18-19)15(20)17-11(2)9-16;/h4-8,11H,9,16H2,1-3H3,(H,17,20);1H/t11-;/m0./s1. The van der Waals surface area contributed by atoms with E-state index in [2.05, 4.69) is 10.4 Å². The van der Waals surface area contributed by atoms with Crippen LogP contribution in [0.15, 0.2) is 30.5 Å². The Morgan fingerprint density at radius 3 is 2.82 bits per heavy atom. The molecule has 7 heteroatoms. The van der Waals surface area contributed by atoms with Gasteiger partial charge in [0.05, 0.1) is 7.11 Å². The Kier molecular flexibility index (Phi) is 6.39. The van der Waals surface area contributed by atoms with Gasteiger partial charge in [-0.15, -0.1) is 12.4 Å². The van der Waals surface area contributed by atoms with Crippen LogP contribution in [0.25, 0.3) is 5.69 Å². The number of nitrogens with zero attached hydrogens (tertiary/aromatic N) is 2. The maximum Gasteiger partial charge on any atom is 0.272 e. The Morgan fingerprint density at radius 1 is 1.45 bits per heavy atom. The van der Waals surface area contributed by atoms with Gasteiger partial charge in [-0.1, -0.05) is 6.07 Å². The molecule has 0 unspecified atom stereocenters. The maximum atomic E-state index is 12.0. The Hall–Kier alpha value is -2.05. The quantitative estimate of drug-likeness (QED) is 0.876. The highest BCUT2D eigenvalue weighted by molar-refractivity contribution is 5.92. The van der Waals surface area contributed by atoms with E-state index in [0.29, 0.717) is 18.0 Å². The number of rotatable bonds is 5. The van der Waals surface area contributed by atoms with Crippen molar-refractivity contribution in [3.05, 3.63) is 41.7 Å². The predicted molar refractivity (Wildman–Crippen MR) is 88.1 cm³/mol. The van der Waals surface area contributed by atoms with Crippen molar-refractivity contribution in [2.45, 2.75) is 19.9 Å². The summed E-state index contributed by atoms with van der Waals surface area (Å²) in [5, 5.41) is 7.08. The first kappa shape index (κ1) is 18.0. The van der Waals surface area contributed by atoms with Gasteiger partial charge in [0.2, 0.25) is 0 Å². The molecule has 3 N–H and O–H groups in total. The van der Waals surface area contributed by atoms with Gasteiger partial charge < -0.3 is 15.8 Å². The van der Waals surface area contributed by atoms with Crippen LogP contribution in [0.1, 0.15) is 23.0 Å². The lowest BCUT2D eigenvalue weighted by Gasteiger charge is -2.10. The number of amides is 1. The molecule has 0 fully saturated rings. The zero-order chi connectivity index (χ0) is 15.4. The van der Waals surface area contributed by atoms with Crippen LogP contribution in [0.5, 0.6) is 5.75 Å². The molecule has 0 bridgehead atoms. The highest BCUT2D eigenvalue weighted by Crippen LogP contribution is 2.23. The van der Waals surface area contributed by atoms with Gasteiger partial charge in [-0.3, -0.25) is 4.79 Å². The SMILES string of the molecule is COc1ccc(C)cc1-n1ccc(C(=O)N[C@@H](C)CN)n1.Cl. The van der Waals surface area contributed by atoms with Gasteiger partial charge in [-0.2, -0.15) is 5.10 Å². The number of benzene rings is 1. The van der Waals surface area contributed by atoms with Crippen LogP contribution in [-0.4, -0.2) is 35.4 Å². The molecule has 1 heterocycles. The number of methoxy groups -OCH3 is 1. The number of aromatic nitrogens is 2. The minimum Gasteiger partial charge on any atom is -0.494 e. The molecule has 2 rings (SSSR count). The molecule has 0 saturated heterocycles. The average molecular weight is 325 g/mol. The fourth-order valence-corrected chi connectivity index (χ4v) is 1.91. The molecule has 1 aromatic heterocycles. The molecule has 0 saturated carbocycles. The third kappa shape index (κ3) is 3.99. The molecule has 120 valence electrons. The summed E-state index contributed by atoms with van der Waals surface area (Å²) in [4.78, 5) is 12.0. The maximum absolute atomic E-state index is 12.0. The number of aryl methyl sites for hydroxylation is 1. The van der Waals surface area contributed by atoms with Gasteiger partial charge in [-0.05, 0) is 37.6 Å². The van der Waals surface area contributed by atoms with Gasteiger partial charge in [-0.25, -0.2) is 4.68 Å². The minimum atomic E-state index is -0.238. The van der Waals surface area contributed by atoms with Crippen molar-refractivity contribution in [1.82, 2.24) is 15.1 Å². The molecule has 1 atom stereocenters. The first-order valence-electron chi connectivity index (χ1n) is 6.76. The van der Waals surface area contributed by atoms with E-state index in [4.69, 9.17) is 10.5 Å². The summed E-state index contributed by atoms with van der Waals surface area (Å²) in [6.45, 7) is 4.22. The van der Waals surface area contributed by atoms with E-state index in [1.807, 2.05) is 32.0 Å². The van der Waals surface area contributed by atoms with Crippen LogP contribution in [-0.2, 0) is 0 Å². The molecule has 1 amide bonds. The highest BCUT2D eigenvalue weighted by atomic mass is 35.5. The Labute approximate surface area is 136 Å². The van der Waals surface area contributed by atoms with Crippen molar-refractivity contribution in [2.75, 3.05) is 13.7 Å². The molecular weight excluding hydrogens is 304 g/mol. The first-order chi connectivity index (χ1) is 10.0. The zero-order valence-electron chi connectivity index (χ0n) is 12.9. The monoisotopic (exact) mass is 324 g/mol. The number of hydrogen-bond donors (Lipinski definition) is 2. The number of halogens is 1. The summed E-state index contributed by atoms with van der Waals surface area (Å²) in [6, 6.07) is 7.37. The van der Waals surface area contributed by atoms with Crippen molar-refractivity contribution in [2.24, 2.45) is 5.73 Å². The second-order valence-corrected chi connectivity index (χ2v) is 4.93. The van der Waals surface area contributed by atoms with Gasteiger partial charge in [0.15, 0.2) is 5.69 Å². The zero-order valence-corrected chi connectivity index (χ0v) is 13.7. The molecule has 22 heavy (non-hydrogen) atoms. The molecule has 1 aromatic carbocycles. The summed E-state index contributed by atoms with van der Waals surface area (Å²) >= 11 is 0. The number of nitrogens with one attached hydrogen (secondary N) is 1. The number of carbonyl (C=O) groups excluding carboxylic acids is 1. The molecule has 0 spiro atoms. The predicted octanol–water partition coefficient (Wildman–Crippen LogP) is 1.69. The lowest BCUT2D eigenvalue weighted by molar-refractivity contribution is 0.0936. The summed E-state index contributed by atoms with van der Waals surface area (Å²) < 4.78 is 6.96. The number of carbonyl (C=O) groups is 1. The van der Waals surface area contributed by atoms with Crippen molar-refractivity contribution in [1.29, 1.82) is 0 Å². The van der Waals surface area contributed by atoms with Crippen molar-refractivity contribution in [3.8, 4) is 11.4 Å². The lowest BCUT2D eigenvalue weighted by Crippen LogP contribution is -2.38. The van der Waals surface area contributed by atoms with E-state index < -0.39 is 0 Å². The van der Waals surface area contributed by atoms with Gasteiger partial charge in [0.25, 0.3) is 5.91 Å². The van der Waals surface area contributed by atoms with Crippen LogP contribution >= 0.6 is 12.4 Å². The normalized spacial score (nSPS) is 11.5. The molecule has 6 nitrogen and oxygen atoms in total. The number of nitrogens with two attached hydrogens (primary N) is 1. The van der Waals surface area contributed by atoms with Crippen LogP contribution in [0, 0.1) is 6.92 Å². The Morgan fingerprint density at radius 2 is 2.18 bits per heavy atom. The summed E-state index contributed by atoms with van der Waals surface area (Å²) in [5.74, 6) is 0.462. The fourth-order valence-electron chi connectivity index (χ4n) is 1.91. The van der Waals surface area contributed by atoms with Gasteiger partial charge in [0, 0.05) is 18.8 Å². The van der Waals surface area contributed by atoms with E-state index in [1.54, 1.807) is 24.1 Å². The van der Waals surface area contributed by atoms with E-state index in [0.717, 1.165) is 11.3 Å². The fraction of sp³-hybridized carbons (Fsp3) is 0.333. The lowest BCUT2D eigenvalue weighted by atomic mass is 10.2. The topological polar surface area (TPSA) is 82.2 Å². The third-order valence-electron chi connectivity index (χ3n) is 3.13. The largest absolute Gasteiger partial charge is 0.494 e. The van der Waals surface area contributed by atoms with E-state index in [9.17, 15) is 4.79 Å².